The van der Waals surface area contributed by atoms with E-state index in [1.807, 2.05) is 45.0 Å². The molecule has 0 bridgehead atoms. The number of hydrogen-bond donors (Lipinski definition) is 2. The van der Waals surface area contributed by atoms with Gasteiger partial charge in [0.1, 0.15) is 6.54 Å². The highest BCUT2D eigenvalue weighted by Gasteiger charge is 2.22. The van der Waals surface area contributed by atoms with E-state index in [0.717, 1.165) is 5.56 Å². The van der Waals surface area contributed by atoms with Gasteiger partial charge in [0.25, 0.3) is 0 Å². The molecule has 0 spiro atoms. The van der Waals surface area contributed by atoms with Crippen LogP contribution in [0.1, 0.15) is 58.9 Å². The maximum Gasteiger partial charge on any atom is 0.240 e. The van der Waals surface area contributed by atoms with Crippen molar-refractivity contribution in [2.45, 2.75) is 58.9 Å². The van der Waals surface area contributed by atoms with Crippen molar-refractivity contribution < 1.29 is 14.4 Å². The normalized spacial score (nSPS) is 11.3. The van der Waals surface area contributed by atoms with Gasteiger partial charge in [-0.25, -0.2) is 4.98 Å². The zero-order valence-electron chi connectivity index (χ0n) is 18.2. The van der Waals surface area contributed by atoms with E-state index in [9.17, 15) is 14.4 Å². The highest BCUT2D eigenvalue weighted by Crippen LogP contribution is 2.21. The summed E-state index contributed by atoms with van der Waals surface area (Å²) in [5.41, 5.74) is 1.38. The molecule has 0 saturated carbocycles. The summed E-state index contributed by atoms with van der Waals surface area (Å²) >= 11 is 1.31. The zero-order valence-corrected chi connectivity index (χ0v) is 19.0. The lowest BCUT2D eigenvalue weighted by Crippen LogP contribution is -2.47. The number of anilines is 2. The maximum atomic E-state index is 12.9. The van der Waals surface area contributed by atoms with Crippen LogP contribution in [0, 0.1) is 0 Å². The smallest absolute Gasteiger partial charge is 0.240 e. The topological polar surface area (TPSA) is 91.4 Å². The second-order valence-electron chi connectivity index (χ2n) is 8.41. The first-order valence-electron chi connectivity index (χ1n) is 9.96. The molecule has 0 aliphatic rings. The van der Waals surface area contributed by atoms with Crippen molar-refractivity contribution in [2.75, 3.05) is 16.8 Å². The van der Waals surface area contributed by atoms with Crippen molar-refractivity contribution in [1.29, 1.82) is 0 Å². The molecule has 0 aliphatic heterocycles. The summed E-state index contributed by atoms with van der Waals surface area (Å²) in [4.78, 5) is 42.9. The lowest BCUT2D eigenvalue weighted by Gasteiger charge is -2.26. The van der Waals surface area contributed by atoms with Crippen LogP contribution in [-0.4, -0.2) is 34.8 Å². The first-order chi connectivity index (χ1) is 14.0. The molecule has 0 fully saturated rings. The van der Waals surface area contributed by atoms with E-state index >= 15 is 0 Å². The van der Waals surface area contributed by atoms with E-state index in [2.05, 4.69) is 29.5 Å². The number of carbonyl (C=O) groups is 3. The van der Waals surface area contributed by atoms with Crippen LogP contribution in [0.5, 0.6) is 0 Å². The molecule has 1 heterocycles. The standard InChI is InChI=1S/C22H30N4O3S/c1-15(2)16-6-8-17(9-7-16)26(14-19(28)25-22(3,4)5)20(29)11-10-18(27)24-21-23-12-13-30-21/h6-9,12-13,15H,10-11,14H2,1-5H3,(H,25,28)(H,23,24,27). The Bertz CT molecular complexity index is 856. The molecule has 0 atom stereocenters. The van der Waals surface area contributed by atoms with Gasteiger partial charge >= 0.3 is 0 Å². The van der Waals surface area contributed by atoms with Crippen LogP contribution in [0.2, 0.25) is 0 Å². The van der Waals surface area contributed by atoms with Crippen molar-refractivity contribution in [3.63, 3.8) is 0 Å². The molecule has 8 heteroatoms. The Morgan fingerprint density at radius 1 is 1.07 bits per heavy atom. The van der Waals surface area contributed by atoms with Crippen LogP contribution in [0.25, 0.3) is 0 Å². The van der Waals surface area contributed by atoms with Gasteiger partial charge in [0.2, 0.25) is 17.7 Å². The predicted octanol–water partition coefficient (Wildman–Crippen LogP) is 3.93. The highest BCUT2D eigenvalue weighted by molar-refractivity contribution is 7.13. The Labute approximate surface area is 181 Å². The average molecular weight is 431 g/mol. The van der Waals surface area contributed by atoms with Crippen LogP contribution >= 0.6 is 11.3 Å². The second-order valence-corrected chi connectivity index (χ2v) is 9.30. The molecule has 30 heavy (non-hydrogen) atoms. The van der Waals surface area contributed by atoms with Gasteiger partial charge in [0.15, 0.2) is 5.13 Å². The number of rotatable bonds is 8. The number of amides is 3. The number of carbonyl (C=O) groups excluding carboxylic acids is 3. The van der Waals surface area contributed by atoms with Crippen LogP contribution in [0.4, 0.5) is 10.8 Å². The molecular formula is C22H30N4O3S. The summed E-state index contributed by atoms with van der Waals surface area (Å²) in [5, 5.41) is 7.80. The molecule has 3 amide bonds. The Hall–Kier alpha value is -2.74. The number of benzene rings is 1. The largest absolute Gasteiger partial charge is 0.350 e. The van der Waals surface area contributed by atoms with Gasteiger partial charge < -0.3 is 15.5 Å². The minimum atomic E-state index is -0.402. The molecule has 0 radical (unpaired) electrons. The average Bonchev–Trinajstić information content (AvgIpc) is 3.16. The number of thiazole rings is 1. The van der Waals surface area contributed by atoms with Crippen molar-refractivity contribution in [3.8, 4) is 0 Å². The van der Waals surface area contributed by atoms with Gasteiger partial charge in [0.05, 0.1) is 0 Å². The Balaban J connectivity index is 2.09. The fourth-order valence-electron chi connectivity index (χ4n) is 2.79. The van der Waals surface area contributed by atoms with Crippen LogP contribution in [0.3, 0.4) is 0 Å². The van der Waals surface area contributed by atoms with E-state index in [1.165, 1.54) is 16.2 Å². The number of nitrogens with one attached hydrogen (secondary N) is 2. The first-order valence-corrected chi connectivity index (χ1v) is 10.8. The number of hydrogen-bond acceptors (Lipinski definition) is 5. The molecule has 0 unspecified atom stereocenters. The predicted molar refractivity (Wildman–Crippen MR) is 121 cm³/mol. The van der Waals surface area contributed by atoms with Gasteiger partial charge in [-0.3, -0.25) is 14.4 Å². The zero-order chi connectivity index (χ0) is 22.3. The lowest BCUT2D eigenvalue weighted by atomic mass is 10.0. The van der Waals surface area contributed by atoms with E-state index in [4.69, 9.17) is 0 Å². The minimum absolute atomic E-state index is 0.00800. The minimum Gasteiger partial charge on any atom is -0.350 e. The molecule has 0 saturated heterocycles. The molecule has 2 aromatic rings. The van der Waals surface area contributed by atoms with Crippen molar-refractivity contribution in [3.05, 3.63) is 41.4 Å². The van der Waals surface area contributed by atoms with E-state index in [1.54, 1.807) is 11.6 Å². The number of nitrogens with zero attached hydrogens (tertiary/aromatic N) is 2. The summed E-state index contributed by atoms with van der Waals surface area (Å²) < 4.78 is 0. The van der Waals surface area contributed by atoms with Gasteiger partial charge in [-0.2, -0.15) is 0 Å². The fraction of sp³-hybridized carbons (Fsp3) is 0.455. The fourth-order valence-corrected chi connectivity index (χ4v) is 3.33. The Morgan fingerprint density at radius 3 is 2.27 bits per heavy atom. The molecule has 2 rings (SSSR count). The third-order valence-electron chi connectivity index (χ3n) is 4.23. The molecule has 7 nitrogen and oxygen atoms in total. The molecule has 1 aromatic carbocycles. The highest BCUT2D eigenvalue weighted by atomic mass is 32.1. The van der Waals surface area contributed by atoms with E-state index < -0.39 is 5.54 Å². The summed E-state index contributed by atoms with van der Waals surface area (Å²) in [5.74, 6) is -0.462. The first kappa shape index (κ1) is 23.5. The lowest BCUT2D eigenvalue weighted by molar-refractivity contribution is -0.125. The van der Waals surface area contributed by atoms with E-state index in [0.29, 0.717) is 16.7 Å². The van der Waals surface area contributed by atoms with Crippen molar-refractivity contribution in [1.82, 2.24) is 10.3 Å². The van der Waals surface area contributed by atoms with Crippen molar-refractivity contribution in [2.24, 2.45) is 0 Å². The SMILES string of the molecule is CC(C)c1ccc(N(CC(=O)NC(C)(C)C)C(=O)CCC(=O)Nc2nccs2)cc1. The van der Waals surface area contributed by atoms with Gasteiger partial charge in [0, 0.05) is 35.6 Å². The second kappa shape index (κ2) is 10.3. The van der Waals surface area contributed by atoms with Crippen LogP contribution < -0.4 is 15.5 Å². The van der Waals surface area contributed by atoms with Crippen molar-refractivity contribution >= 4 is 39.9 Å². The van der Waals surface area contributed by atoms with Crippen LogP contribution in [-0.2, 0) is 14.4 Å². The summed E-state index contributed by atoms with van der Waals surface area (Å²) in [6.07, 6.45) is 1.60. The molecular weight excluding hydrogens is 400 g/mol. The summed E-state index contributed by atoms with van der Waals surface area (Å²) in [7, 11) is 0. The van der Waals surface area contributed by atoms with Gasteiger partial charge in [-0.1, -0.05) is 26.0 Å². The Morgan fingerprint density at radius 2 is 1.73 bits per heavy atom. The summed E-state index contributed by atoms with van der Waals surface area (Å²) in [6, 6.07) is 7.59. The monoisotopic (exact) mass is 430 g/mol. The Kier molecular flexibility index (Phi) is 8.11. The molecule has 0 aliphatic carbocycles. The number of aromatic nitrogens is 1. The molecule has 162 valence electrons. The third-order valence-corrected chi connectivity index (χ3v) is 4.92. The van der Waals surface area contributed by atoms with Crippen LogP contribution in [0.15, 0.2) is 35.8 Å². The maximum absolute atomic E-state index is 12.9. The summed E-state index contributed by atoms with van der Waals surface area (Å²) in [6.45, 7) is 9.74. The molecule has 2 N–H and O–H groups in total. The third kappa shape index (κ3) is 7.59. The van der Waals surface area contributed by atoms with Gasteiger partial charge in [-0.05, 0) is 44.4 Å². The van der Waals surface area contributed by atoms with E-state index in [-0.39, 0.29) is 37.1 Å². The van der Waals surface area contributed by atoms with Gasteiger partial charge in [-0.15, -0.1) is 11.3 Å². The quantitative estimate of drug-likeness (QED) is 0.664. The molecule has 1 aromatic heterocycles.